The molecule has 1 saturated heterocycles. The van der Waals surface area contributed by atoms with E-state index in [1.54, 1.807) is 0 Å². The number of hydrogen-bond donors (Lipinski definition) is 1. The van der Waals surface area contributed by atoms with Crippen molar-refractivity contribution in [2.24, 2.45) is 11.8 Å². The van der Waals surface area contributed by atoms with E-state index < -0.39 is 0 Å². The summed E-state index contributed by atoms with van der Waals surface area (Å²) in [5.41, 5.74) is 0. The third kappa shape index (κ3) is 1.73. The van der Waals surface area contributed by atoms with E-state index in [4.69, 9.17) is 0 Å². The first kappa shape index (κ1) is 7.93. The molecule has 1 aliphatic carbocycles. The Morgan fingerprint density at radius 3 is 2.55 bits per heavy atom. The van der Waals surface area contributed by atoms with E-state index >= 15 is 0 Å². The fourth-order valence-corrected chi connectivity index (χ4v) is 3.00. The first-order chi connectivity index (χ1) is 5.27. The monoisotopic (exact) mass is 171 g/mol. The van der Waals surface area contributed by atoms with E-state index in [0.29, 0.717) is 0 Å². The Hall–Kier alpha value is 0.310. The maximum absolute atomic E-state index is 3.64. The van der Waals surface area contributed by atoms with E-state index in [-0.39, 0.29) is 0 Å². The predicted molar refractivity (Wildman–Crippen MR) is 51.0 cm³/mol. The van der Waals surface area contributed by atoms with E-state index in [0.717, 1.165) is 23.1 Å². The molecule has 1 saturated carbocycles. The maximum atomic E-state index is 3.64. The fraction of sp³-hybridized carbons (Fsp3) is 1.00. The highest BCUT2D eigenvalue weighted by Crippen LogP contribution is 2.42. The average molecular weight is 171 g/mol. The van der Waals surface area contributed by atoms with Crippen LogP contribution in [0.1, 0.15) is 20.3 Å². The summed E-state index contributed by atoms with van der Waals surface area (Å²) < 4.78 is 0. The molecule has 0 bridgehead atoms. The van der Waals surface area contributed by atoms with Crippen molar-refractivity contribution in [2.75, 3.05) is 12.3 Å². The van der Waals surface area contributed by atoms with Crippen LogP contribution in [0.2, 0.25) is 0 Å². The van der Waals surface area contributed by atoms with Crippen molar-refractivity contribution in [3.05, 3.63) is 0 Å². The summed E-state index contributed by atoms with van der Waals surface area (Å²) in [5, 5.41) is 4.47. The van der Waals surface area contributed by atoms with E-state index in [1.807, 2.05) is 0 Å². The van der Waals surface area contributed by atoms with Gasteiger partial charge in [0.25, 0.3) is 0 Å². The summed E-state index contributed by atoms with van der Waals surface area (Å²) in [7, 11) is 0. The SMILES string of the molecule is CC1CNC(C2CC2C)CS1. The van der Waals surface area contributed by atoms with Gasteiger partial charge in [-0.2, -0.15) is 11.8 Å². The molecule has 4 atom stereocenters. The lowest BCUT2D eigenvalue weighted by Gasteiger charge is -2.27. The number of nitrogens with one attached hydrogen (secondary N) is 1. The molecule has 0 spiro atoms. The van der Waals surface area contributed by atoms with Crippen LogP contribution in [0.3, 0.4) is 0 Å². The smallest absolute Gasteiger partial charge is 0.0189 e. The minimum Gasteiger partial charge on any atom is -0.312 e. The van der Waals surface area contributed by atoms with Crippen LogP contribution >= 0.6 is 11.8 Å². The molecular weight excluding hydrogens is 154 g/mol. The minimum atomic E-state index is 0.834. The Morgan fingerprint density at radius 1 is 1.36 bits per heavy atom. The molecule has 2 aliphatic rings. The van der Waals surface area contributed by atoms with Gasteiger partial charge in [0.05, 0.1) is 0 Å². The standard InChI is InChI=1S/C9H17NS/c1-6-3-8(6)9-5-11-7(2)4-10-9/h6-10H,3-5H2,1-2H3. The van der Waals surface area contributed by atoms with Gasteiger partial charge in [0, 0.05) is 23.6 Å². The molecule has 64 valence electrons. The Balaban J connectivity index is 1.79. The molecule has 2 rings (SSSR count). The average Bonchev–Trinajstić information content (AvgIpc) is 2.69. The molecule has 1 N–H and O–H groups in total. The van der Waals surface area contributed by atoms with Crippen LogP contribution in [0.5, 0.6) is 0 Å². The molecule has 0 amide bonds. The Morgan fingerprint density at radius 2 is 2.09 bits per heavy atom. The van der Waals surface area contributed by atoms with Gasteiger partial charge >= 0.3 is 0 Å². The quantitative estimate of drug-likeness (QED) is 0.645. The van der Waals surface area contributed by atoms with Crippen LogP contribution in [-0.2, 0) is 0 Å². The van der Waals surface area contributed by atoms with Gasteiger partial charge in [-0.05, 0) is 18.3 Å². The van der Waals surface area contributed by atoms with Crippen molar-refractivity contribution >= 4 is 11.8 Å². The highest BCUT2D eigenvalue weighted by molar-refractivity contribution is 8.00. The number of hydrogen-bond acceptors (Lipinski definition) is 2. The van der Waals surface area contributed by atoms with Crippen molar-refractivity contribution in [3.8, 4) is 0 Å². The van der Waals surface area contributed by atoms with Gasteiger partial charge in [0.2, 0.25) is 0 Å². The van der Waals surface area contributed by atoms with Gasteiger partial charge in [-0.3, -0.25) is 0 Å². The van der Waals surface area contributed by atoms with Crippen molar-refractivity contribution in [3.63, 3.8) is 0 Å². The largest absolute Gasteiger partial charge is 0.312 e. The summed E-state index contributed by atoms with van der Waals surface area (Å²) in [6.07, 6.45) is 1.46. The molecule has 1 heterocycles. The normalized spacial score (nSPS) is 50.7. The molecule has 2 heteroatoms. The first-order valence-corrected chi connectivity index (χ1v) is 5.67. The molecule has 11 heavy (non-hydrogen) atoms. The summed E-state index contributed by atoms with van der Waals surface area (Å²) in [5.74, 6) is 3.35. The molecule has 4 unspecified atom stereocenters. The van der Waals surface area contributed by atoms with Crippen LogP contribution in [0.25, 0.3) is 0 Å². The Labute approximate surface area is 73.3 Å². The van der Waals surface area contributed by atoms with E-state index in [2.05, 4.69) is 30.9 Å². The highest BCUT2D eigenvalue weighted by atomic mass is 32.2. The van der Waals surface area contributed by atoms with Gasteiger partial charge in [0.1, 0.15) is 0 Å². The van der Waals surface area contributed by atoms with Crippen molar-refractivity contribution < 1.29 is 0 Å². The fourth-order valence-electron chi connectivity index (χ4n) is 1.89. The van der Waals surface area contributed by atoms with Crippen LogP contribution in [-0.4, -0.2) is 23.6 Å². The molecule has 2 fully saturated rings. The number of rotatable bonds is 1. The van der Waals surface area contributed by atoms with E-state index in [9.17, 15) is 0 Å². The second-order valence-corrected chi connectivity index (χ2v) is 5.51. The topological polar surface area (TPSA) is 12.0 Å². The molecule has 0 aromatic carbocycles. The summed E-state index contributed by atoms with van der Waals surface area (Å²) in [4.78, 5) is 0. The van der Waals surface area contributed by atoms with Crippen molar-refractivity contribution in [1.29, 1.82) is 0 Å². The lowest BCUT2D eigenvalue weighted by atomic mass is 10.2. The van der Waals surface area contributed by atoms with Crippen molar-refractivity contribution in [2.45, 2.75) is 31.6 Å². The second kappa shape index (κ2) is 2.98. The predicted octanol–water partition coefficient (Wildman–Crippen LogP) is 1.74. The van der Waals surface area contributed by atoms with Crippen molar-refractivity contribution in [1.82, 2.24) is 5.32 Å². The van der Waals surface area contributed by atoms with Gasteiger partial charge in [-0.1, -0.05) is 13.8 Å². The van der Waals surface area contributed by atoms with Gasteiger partial charge in [-0.15, -0.1) is 0 Å². The van der Waals surface area contributed by atoms with Gasteiger partial charge in [0.15, 0.2) is 0 Å². The Bertz CT molecular complexity index is 140. The number of thioether (sulfide) groups is 1. The summed E-state index contributed by atoms with van der Waals surface area (Å²) >= 11 is 2.13. The third-order valence-electron chi connectivity index (χ3n) is 2.92. The highest BCUT2D eigenvalue weighted by Gasteiger charge is 2.40. The molecule has 0 aromatic rings. The first-order valence-electron chi connectivity index (χ1n) is 4.62. The van der Waals surface area contributed by atoms with Crippen LogP contribution in [0.15, 0.2) is 0 Å². The molecule has 1 nitrogen and oxygen atoms in total. The zero-order valence-electron chi connectivity index (χ0n) is 7.34. The van der Waals surface area contributed by atoms with Crippen LogP contribution in [0, 0.1) is 11.8 Å². The summed E-state index contributed by atoms with van der Waals surface area (Å²) in [6.45, 7) is 5.90. The third-order valence-corrected chi connectivity index (χ3v) is 4.20. The summed E-state index contributed by atoms with van der Waals surface area (Å²) in [6, 6.07) is 0.839. The Kier molecular flexibility index (Phi) is 2.15. The molecule has 1 aliphatic heterocycles. The van der Waals surface area contributed by atoms with Crippen LogP contribution in [0.4, 0.5) is 0 Å². The van der Waals surface area contributed by atoms with E-state index in [1.165, 1.54) is 18.7 Å². The lowest BCUT2D eigenvalue weighted by Crippen LogP contribution is -2.42. The molecular formula is C9H17NS. The zero-order valence-corrected chi connectivity index (χ0v) is 8.16. The molecule has 0 aromatic heterocycles. The second-order valence-electron chi connectivity index (χ2n) is 4.04. The maximum Gasteiger partial charge on any atom is 0.0189 e. The minimum absolute atomic E-state index is 0.834. The van der Waals surface area contributed by atoms with Gasteiger partial charge < -0.3 is 5.32 Å². The van der Waals surface area contributed by atoms with Crippen LogP contribution < -0.4 is 5.32 Å². The van der Waals surface area contributed by atoms with Gasteiger partial charge in [-0.25, -0.2) is 0 Å². The molecule has 0 radical (unpaired) electrons. The zero-order chi connectivity index (χ0) is 7.84. The lowest BCUT2D eigenvalue weighted by molar-refractivity contribution is 0.474.